The first-order valence-electron chi connectivity index (χ1n) is 8.00. The summed E-state index contributed by atoms with van der Waals surface area (Å²) in [6.45, 7) is 4.60. The molecular formula is C19H20N2O3S. The van der Waals surface area contributed by atoms with Crippen LogP contribution in [0, 0.1) is 13.8 Å². The van der Waals surface area contributed by atoms with Crippen LogP contribution in [0.25, 0.3) is 5.57 Å². The zero-order chi connectivity index (χ0) is 18.0. The van der Waals surface area contributed by atoms with Gasteiger partial charge in [-0.05, 0) is 48.6 Å². The molecule has 2 amide bonds. The lowest BCUT2D eigenvalue weighted by Crippen LogP contribution is -2.35. The summed E-state index contributed by atoms with van der Waals surface area (Å²) < 4.78 is 5.03. The number of amides is 2. The summed E-state index contributed by atoms with van der Waals surface area (Å²) in [5, 5.41) is 5.06. The Hall–Kier alpha value is -2.44. The van der Waals surface area contributed by atoms with Gasteiger partial charge in [0.05, 0.1) is 18.7 Å². The topological polar surface area (TPSA) is 58.6 Å². The van der Waals surface area contributed by atoms with E-state index in [4.69, 9.17) is 4.74 Å². The maximum absolute atomic E-state index is 12.8. The fourth-order valence-corrected chi connectivity index (χ4v) is 3.46. The van der Waals surface area contributed by atoms with Gasteiger partial charge in [0.15, 0.2) is 0 Å². The number of methoxy groups -OCH3 is 1. The summed E-state index contributed by atoms with van der Waals surface area (Å²) in [4.78, 5) is 27.6. The van der Waals surface area contributed by atoms with Crippen molar-refractivity contribution in [3.8, 4) is 0 Å². The van der Waals surface area contributed by atoms with Gasteiger partial charge in [-0.2, -0.15) is 0 Å². The first-order valence-corrected chi connectivity index (χ1v) is 8.88. The van der Waals surface area contributed by atoms with Crippen molar-refractivity contribution in [1.29, 1.82) is 0 Å². The Morgan fingerprint density at radius 2 is 1.92 bits per heavy atom. The monoisotopic (exact) mass is 356 g/mol. The van der Waals surface area contributed by atoms with Crippen LogP contribution in [0.3, 0.4) is 0 Å². The minimum Gasteiger partial charge on any atom is -0.383 e. The van der Waals surface area contributed by atoms with Crippen molar-refractivity contribution >= 4 is 34.4 Å². The zero-order valence-electron chi connectivity index (χ0n) is 14.5. The van der Waals surface area contributed by atoms with Crippen LogP contribution in [0.15, 0.2) is 41.4 Å². The second-order valence-corrected chi connectivity index (χ2v) is 6.85. The first-order chi connectivity index (χ1) is 12.0. The summed E-state index contributed by atoms with van der Waals surface area (Å²) in [6.07, 6.45) is 0. The van der Waals surface area contributed by atoms with Crippen LogP contribution in [0.4, 0.5) is 5.69 Å². The van der Waals surface area contributed by atoms with Crippen molar-refractivity contribution in [3.63, 3.8) is 0 Å². The Balaban J connectivity index is 1.99. The molecule has 130 valence electrons. The molecule has 1 aliphatic rings. The minimum atomic E-state index is -0.316. The molecule has 1 aromatic heterocycles. The van der Waals surface area contributed by atoms with Crippen LogP contribution >= 0.6 is 11.3 Å². The fraction of sp³-hybridized carbons (Fsp3) is 0.263. The van der Waals surface area contributed by atoms with Crippen molar-refractivity contribution in [2.45, 2.75) is 13.8 Å². The van der Waals surface area contributed by atoms with Gasteiger partial charge in [-0.1, -0.05) is 12.1 Å². The van der Waals surface area contributed by atoms with Gasteiger partial charge in [-0.3, -0.25) is 14.5 Å². The summed E-state index contributed by atoms with van der Waals surface area (Å²) >= 11 is 1.44. The molecule has 5 nitrogen and oxygen atoms in total. The molecule has 3 rings (SSSR count). The van der Waals surface area contributed by atoms with E-state index in [0.29, 0.717) is 17.9 Å². The molecule has 1 N–H and O–H groups in total. The van der Waals surface area contributed by atoms with Gasteiger partial charge < -0.3 is 10.1 Å². The quantitative estimate of drug-likeness (QED) is 0.808. The molecule has 6 heteroatoms. The number of imide groups is 1. The Morgan fingerprint density at radius 1 is 1.12 bits per heavy atom. The summed E-state index contributed by atoms with van der Waals surface area (Å²) in [6, 6.07) is 9.61. The van der Waals surface area contributed by atoms with E-state index in [1.165, 1.54) is 21.8 Å². The van der Waals surface area contributed by atoms with Gasteiger partial charge in [0, 0.05) is 17.7 Å². The summed E-state index contributed by atoms with van der Waals surface area (Å²) in [5.74, 6) is -0.598. The lowest BCUT2D eigenvalue weighted by molar-refractivity contribution is -0.137. The van der Waals surface area contributed by atoms with Crippen LogP contribution < -0.4 is 5.32 Å². The lowest BCUT2D eigenvalue weighted by atomic mass is 10.1. The number of nitrogens with one attached hydrogen (secondary N) is 1. The van der Waals surface area contributed by atoms with Crippen molar-refractivity contribution in [2.24, 2.45) is 0 Å². The predicted octanol–water partition coefficient (Wildman–Crippen LogP) is 3.20. The summed E-state index contributed by atoms with van der Waals surface area (Å²) in [5.41, 5.74) is 3.84. The van der Waals surface area contributed by atoms with Crippen LogP contribution in [0.2, 0.25) is 0 Å². The number of benzene rings is 1. The number of anilines is 1. The van der Waals surface area contributed by atoms with Gasteiger partial charge in [-0.15, -0.1) is 11.3 Å². The molecule has 0 atom stereocenters. The zero-order valence-corrected chi connectivity index (χ0v) is 15.3. The van der Waals surface area contributed by atoms with E-state index in [-0.39, 0.29) is 18.4 Å². The third-order valence-corrected chi connectivity index (χ3v) is 5.12. The maximum Gasteiger partial charge on any atom is 0.278 e. The number of rotatable bonds is 6. The third-order valence-electron chi connectivity index (χ3n) is 4.23. The number of nitrogens with zero attached hydrogens (tertiary/aromatic N) is 1. The molecule has 0 spiro atoms. The maximum atomic E-state index is 12.8. The Labute approximate surface area is 150 Å². The number of hydrogen-bond acceptors (Lipinski definition) is 5. The van der Waals surface area contributed by atoms with Crippen molar-refractivity contribution in [1.82, 2.24) is 4.90 Å². The first kappa shape index (κ1) is 17.4. The molecule has 1 aliphatic heterocycles. The molecule has 0 aliphatic carbocycles. The lowest BCUT2D eigenvalue weighted by Gasteiger charge is -2.14. The molecule has 1 aromatic carbocycles. The Bertz CT molecular complexity index is 840. The van der Waals surface area contributed by atoms with E-state index in [9.17, 15) is 9.59 Å². The van der Waals surface area contributed by atoms with Crippen molar-refractivity contribution in [2.75, 3.05) is 25.6 Å². The molecule has 0 saturated carbocycles. The largest absolute Gasteiger partial charge is 0.383 e. The van der Waals surface area contributed by atoms with Crippen LogP contribution in [-0.2, 0) is 14.3 Å². The number of thiophene rings is 1. The number of ether oxygens (including phenoxy) is 1. The fourth-order valence-electron chi connectivity index (χ4n) is 2.69. The second kappa shape index (κ2) is 7.21. The average molecular weight is 356 g/mol. The minimum absolute atomic E-state index is 0.237. The normalized spacial score (nSPS) is 14.6. The van der Waals surface area contributed by atoms with E-state index < -0.39 is 0 Å². The third kappa shape index (κ3) is 3.36. The second-order valence-electron chi connectivity index (χ2n) is 5.91. The predicted molar refractivity (Wildman–Crippen MR) is 99.4 cm³/mol. The van der Waals surface area contributed by atoms with E-state index in [1.54, 1.807) is 7.11 Å². The molecule has 0 unspecified atom stereocenters. The molecule has 0 saturated heterocycles. The Morgan fingerprint density at radius 3 is 2.56 bits per heavy atom. The van der Waals surface area contributed by atoms with Gasteiger partial charge in [-0.25, -0.2) is 0 Å². The van der Waals surface area contributed by atoms with Crippen molar-refractivity contribution in [3.05, 3.63) is 57.4 Å². The van der Waals surface area contributed by atoms with Gasteiger partial charge in [0.25, 0.3) is 11.8 Å². The number of carbonyl (C=O) groups excluding carboxylic acids is 2. The van der Waals surface area contributed by atoms with E-state index >= 15 is 0 Å². The SMILES string of the molecule is COCCN1C(=O)C(Nc2ccc(C)c(C)c2)=C(c2cccs2)C1=O. The van der Waals surface area contributed by atoms with Crippen LogP contribution in [0.5, 0.6) is 0 Å². The van der Waals surface area contributed by atoms with Crippen LogP contribution in [0.1, 0.15) is 16.0 Å². The summed E-state index contributed by atoms with van der Waals surface area (Å²) in [7, 11) is 1.55. The number of hydrogen-bond donors (Lipinski definition) is 1. The molecule has 0 fully saturated rings. The van der Waals surface area contributed by atoms with Gasteiger partial charge in [0.2, 0.25) is 0 Å². The highest BCUT2D eigenvalue weighted by molar-refractivity contribution is 7.11. The number of aryl methyl sites for hydroxylation is 2. The van der Waals surface area contributed by atoms with E-state index in [2.05, 4.69) is 5.32 Å². The highest BCUT2D eigenvalue weighted by Crippen LogP contribution is 2.32. The van der Waals surface area contributed by atoms with Crippen LogP contribution in [-0.4, -0.2) is 37.0 Å². The highest BCUT2D eigenvalue weighted by atomic mass is 32.1. The molecule has 25 heavy (non-hydrogen) atoms. The molecule has 0 bridgehead atoms. The molecule has 2 aromatic rings. The molecule has 0 radical (unpaired) electrons. The average Bonchev–Trinajstić information content (AvgIpc) is 3.18. The smallest absolute Gasteiger partial charge is 0.278 e. The Kier molecular flexibility index (Phi) is 5.01. The highest BCUT2D eigenvalue weighted by Gasteiger charge is 2.39. The number of carbonyl (C=O) groups is 2. The van der Waals surface area contributed by atoms with Gasteiger partial charge in [0.1, 0.15) is 5.70 Å². The molecular weight excluding hydrogens is 336 g/mol. The standard InChI is InChI=1S/C19H20N2O3S/c1-12-6-7-14(11-13(12)2)20-17-16(15-5-4-10-25-15)18(22)21(19(17)23)8-9-24-3/h4-7,10-11,20H,8-9H2,1-3H3. The van der Waals surface area contributed by atoms with E-state index in [1.807, 2.05) is 49.6 Å². The van der Waals surface area contributed by atoms with Gasteiger partial charge >= 0.3 is 0 Å². The molecule has 2 heterocycles. The van der Waals surface area contributed by atoms with E-state index in [0.717, 1.165) is 16.1 Å². The van der Waals surface area contributed by atoms with Crippen molar-refractivity contribution < 1.29 is 14.3 Å².